The molecule has 0 fully saturated rings. The SMILES string of the molecule is CN(C)CCN(Cc1ccccc1)C(=O)[C@@H](NC(=O)Nc1ccc(OC(F)(F)F)cc1)C(C)(C)C. The first-order valence-electron chi connectivity index (χ1n) is 11.2. The molecule has 0 aromatic heterocycles. The van der Waals surface area contributed by atoms with Gasteiger partial charge in [0.1, 0.15) is 11.8 Å². The highest BCUT2D eigenvalue weighted by molar-refractivity contribution is 5.94. The number of nitrogens with zero attached hydrogens (tertiary/aromatic N) is 2. The molecule has 192 valence electrons. The number of hydrogen-bond acceptors (Lipinski definition) is 4. The third-order valence-electron chi connectivity index (χ3n) is 5.08. The average molecular weight is 495 g/mol. The van der Waals surface area contributed by atoms with Crippen molar-refractivity contribution in [2.75, 3.05) is 32.5 Å². The summed E-state index contributed by atoms with van der Waals surface area (Å²) < 4.78 is 40.9. The van der Waals surface area contributed by atoms with E-state index in [9.17, 15) is 22.8 Å². The second kappa shape index (κ2) is 11.9. The lowest BCUT2D eigenvalue weighted by atomic mass is 9.85. The number of likely N-dealkylation sites (N-methyl/N-ethyl adjacent to an activating group) is 1. The maximum Gasteiger partial charge on any atom is 0.573 e. The molecule has 0 aliphatic rings. The van der Waals surface area contributed by atoms with Crippen LogP contribution >= 0.6 is 0 Å². The Labute approximate surface area is 204 Å². The molecular weight excluding hydrogens is 461 g/mol. The Balaban J connectivity index is 2.14. The van der Waals surface area contributed by atoms with Crippen LogP contribution in [0.1, 0.15) is 26.3 Å². The van der Waals surface area contributed by atoms with Gasteiger partial charge in [-0.15, -0.1) is 13.2 Å². The van der Waals surface area contributed by atoms with E-state index in [0.29, 0.717) is 19.6 Å². The van der Waals surface area contributed by atoms with Gasteiger partial charge in [0.2, 0.25) is 5.91 Å². The molecule has 3 amide bonds. The molecule has 0 spiro atoms. The van der Waals surface area contributed by atoms with Crippen LogP contribution in [0.5, 0.6) is 5.75 Å². The standard InChI is InChI=1S/C25H33F3N4O3/c1-24(2,3)21(22(33)32(16-15-31(4)5)17-18-9-7-6-8-10-18)30-23(34)29-19-11-13-20(14-12-19)35-25(26,27)28/h6-14,21H,15-17H2,1-5H3,(H2,29,30,34)/t21-/m1/s1. The summed E-state index contributed by atoms with van der Waals surface area (Å²) >= 11 is 0. The number of carbonyl (C=O) groups excluding carboxylic acids is 2. The van der Waals surface area contributed by atoms with Gasteiger partial charge in [-0.2, -0.15) is 0 Å². The Morgan fingerprint density at radius 2 is 1.54 bits per heavy atom. The topological polar surface area (TPSA) is 73.9 Å². The molecule has 2 aromatic rings. The van der Waals surface area contributed by atoms with Crippen LogP contribution < -0.4 is 15.4 Å². The van der Waals surface area contributed by atoms with Crippen LogP contribution in [-0.4, -0.2) is 61.3 Å². The van der Waals surface area contributed by atoms with E-state index in [1.807, 2.05) is 70.1 Å². The molecule has 0 heterocycles. The summed E-state index contributed by atoms with van der Waals surface area (Å²) in [5, 5.41) is 5.31. The van der Waals surface area contributed by atoms with Gasteiger partial charge in [-0.3, -0.25) is 4.79 Å². The fraction of sp³-hybridized carbons (Fsp3) is 0.440. The number of amides is 3. The number of alkyl halides is 3. The van der Waals surface area contributed by atoms with Crippen molar-refractivity contribution in [2.24, 2.45) is 5.41 Å². The quantitative estimate of drug-likeness (QED) is 0.530. The Bertz CT molecular complexity index is 959. The molecule has 35 heavy (non-hydrogen) atoms. The van der Waals surface area contributed by atoms with E-state index >= 15 is 0 Å². The number of halogens is 3. The number of rotatable bonds is 9. The van der Waals surface area contributed by atoms with Gasteiger partial charge < -0.3 is 25.2 Å². The molecule has 0 aliphatic carbocycles. The van der Waals surface area contributed by atoms with Gasteiger partial charge >= 0.3 is 12.4 Å². The molecule has 7 nitrogen and oxygen atoms in total. The molecule has 0 saturated carbocycles. The third kappa shape index (κ3) is 9.86. The van der Waals surface area contributed by atoms with Gasteiger partial charge in [-0.1, -0.05) is 51.1 Å². The van der Waals surface area contributed by atoms with Crippen molar-refractivity contribution in [3.8, 4) is 5.75 Å². The molecule has 0 aliphatic heterocycles. The van der Waals surface area contributed by atoms with Crippen LogP contribution in [0, 0.1) is 5.41 Å². The highest BCUT2D eigenvalue weighted by Crippen LogP contribution is 2.25. The van der Waals surface area contributed by atoms with Gasteiger partial charge in [0, 0.05) is 25.3 Å². The van der Waals surface area contributed by atoms with E-state index in [-0.39, 0.29) is 11.6 Å². The molecule has 2 N–H and O–H groups in total. The summed E-state index contributed by atoms with van der Waals surface area (Å²) in [5.41, 5.74) is 0.620. The summed E-state index contributed by atoms with van der Waals surface area (Å²) in [6, 6.07) is 12.9. The summed E-state index contributed by atoms with van der Waals surface area (Å²) in [7, 11) is 3.84. The molecule has 0 unspecified atom stereocenters. The van der Waals surface area contributed by atoms with E-state index in [4.69, 9.17) is 0 Å². The average Bonchev–Trinajstić information content (AvgIpc) is 2.74. The number of urea groups is 1. The molecule has 1 atom stereocenters. The highest BCUT2D eigenvalue weighted by atomic mass is 19.4. The monoisotopic (exact) mass is 494 g/mol. The Morgan fingerprint density at radius 1 is 0.943 bits per heavy atom. The Morgan fingerprint density at radius 3 is 2.06 bits per heavy atom. The van der Waals surface area contributed by atoms with Crippen LogP contribution in [0.3, 0.4) is 0 Å². The molecule has 0 radical (unpaired) electrons. The van der Waals surface area contributed by atoms with Gasteiger partial charge in [0.15, 0.2) is 0 Å². The van der Waals surface area contributed by atoms with Gasteiger partial charge in [0.25, 0.3) is 0 Å². The van der Waals surface area contributed by atoms with Crippen molar-refractivity contribution in [3.63, 3.8) is 0 Å². The van der Waals surface area contributed by atoms with E-state index in [0.717, 1.165) is 17.7 Å². The predicted molar refractivity (Wildman–Crippen MR) is 129 cm³/mol. The minimum atomic E-state index is -4.80. The summed E-state index contributed by atoms with van der Waals surface area (Å²) in [4.78, 5) is 30.0. The van der Waals surface area contributed by atoms with Crippen LogP contribution in [0.25, 0.3) is 0 Å². The first kappa shape index (κ1) is 28.0. The second-order valence-corrected chi connectivity index (χ2v) is 9.52. The normalized spacial score (nSPS) is 12.7. The summed E-state index contributed by atoms with van der Waals surface area (Å²) in [6.07, 6.45) is -4.80. The fourth-order valence-electron chi connectivity index (χ4n) is 3.26. The minimum Gasteiger partial charge on any atom is -0.406 e. The summed E-state index contributed by atoms with van der Waals surface area (Å²) in [5.74, 6) is -0.629. The lowest BCUT2D eigenvalue weighted by Crippen LogP contribution is -2.56. The lowest BCUT2D eigenvalue weighted by Gasteiger charge is -2.35. The molecular formula is C25H33F3N4O3. The number of hydrogen-bond donors (Lipinski definition) is 2. The lowest BCUT2D eigenvalue weighted by molar-refractivity contribution is -0.274. The van der Waals surface area contributed by atoms with E-state index < -0.39 is 29.6 Å². The summed E-state index contributed by atoms with van der Waals surface area (Å²) in [6.45, 7) is 7.07. The van der Waals surface area contributed by atoms with Crippen molar-refractivity contribution in [2.45, 2.75) is 39.7 Å². The van der Waals surface area contributed by atoms with Crippen molar-refractivity contribution in [1.82, 2.24) is 15.1 Å². The molecule has 2 aromatic carbocycles. The van der Waals surface area contributed by atoms with E-state index in [2.05, 4.69) is 15.4 Å². The van der Waals surface area contributed by atoms with Gasteiger partial charge in [-0.25, -0.2) is 4.79 Å². The zero-order valence-electron chi connectivity index (χ0n) is 20.6. The van der Waals surface area contributed by atoms with Crippen LogP contribution in [-0.2, 0) is 11.3 Å². The molecule has 0 bridgehead atoms. The first-order valence-corrected chi connectivity index (χ1v) is 11.2. The fourth-order valence-corrected chi connectivity index (χ4v) is 3.26. The number of nitrogens with one attached hydrogen (secondary N) is 2. The zero-order chi connectivity index (χ0) is 26.2. The number of ether oxygens (including phenoxy) is 1. The Hall–Kier alpha value is -3.27. The van der Waals surface area contributed by atoms with Crippen molar-refractivity contribution in [1.29, 1.82) is 0 Å². The third-order valence-corrected chi connectivity index (χ3v) is 5.08. The highest BCUT2D eigenvalue weighted by Gasteiger charge is 2.36. The zero-order valence-corrected chi connectivity index (χ0v) is 20.6. The van der Waals surface area contributed by atoms with Crippen molar-refractivity contribution >= 4 is 17.6 Å². The number of carbonyl (C=O) groups is 2. The maximum absolute atomic E-state index is 13.6. The van der Waals surface area contributed by atoms with Crippen molar-refractivity contribution in [3.05, 3.63) is 60.2 Å². The van der Waals surface area contributed by atoms with Crippen LogP contribution in [0.2, 0.25) is 0 Å². The second-order valence-electron chi connectivity index (χ2n) is 9.52. The minimum absolute atomic E-state index is 0.229. The molecule has 0 saturated heterocycles. The number of benzene rings is 2. The van der Waals surface area contributed by atoms with Gasteiger partial charge in [0.05, 0.1) is 0 Å². The molecule has 2 rings (SSSR count). The van der Waals surface area contributed by atoms with Crippen LogP contribution in [0.4, 0.5) is 23.7 Å². The van der Waals surface area contributed by atoms with E-state index in [1.165, 1.54) is 12.1 Å². The van der Waals surface area contributed by atoms with Crippen LogP contribution in [0.15, 0.2) is 54.6 Å². The van der Waals surface area contributed by atoms with E-state index in [1.54, 1.807) is 4.90 Å². The predicted octanol–water partition coefficient (Wildman–Crippen LogP) is 4.71. The maximum atomic E-state index is 13.6. The number of anilines is 1. The smallest absolute Gasteiger partial charge is 0.406 e. The largest absolute Gasteiger partial charge is 0.573 e. The van der Waals surface area contributed by atoms with Gasteiger partial charge in [-0.05, 0) is 49.3 Å². The molecule has 10 heteroatoms. The Kier molecular flexibility index (Phi) is 9.53. The first-order chi connectivity index (χ1) is 16.2. The van der Waals surface area contributed by atoms with Crippen molar-refractivity contribution < 1.29 is 27.5 Å².